The second-order valence-corrected chi connectivity index (χ2v) is 14.8. The van der Waals surface area contributed by atoms with Crippen molar-refractivity contribution in [2.24, 2.45) is 0 Å². The summed E-state index contributed by atoms with van der Waals surface area (Å²) in [5.41, 5.74) is 11.9. The summed E-state index contributed by atoms with van der Waals surface area (Å²) in [5, 5.41) is 12.7. The van der Waals surface area contributed by atoms with Crippen LogP contribution in [0.1, 0.15) is 0 Å². The third-order valence-electron chi connectivity index (χ3n) is 11.9. The van der Waals surface area contributed by atoms with Crippen LogP contribution in [-0.2, 0) is 0 Å². The van der Waals surface area contributed by atoms with E-state index < -0.39 is 0 Å². The minimum atomic E-state index is 1.14. The van der Waals surface area contributed by atoms with E-state index in [0.29, 0.717) is 0 Å². The fourth-order valence-corrected chi connectivity index (χ4v) is 9.50. The summed E-state index contributed by atoms with van der Waals surface area (Å²) in [6, 6.07) is 75.8. The lowest BCUT2D eigenvalue weighted by molar-refractivity contribution is 1.18. The molecule has 0 unspecified atom stereocenters. The number of benzene rings is 10. The van der Waals surface area contributed by atoms with Crippen molar-refractivity contribution in [3.63, 3.8) is 0 Å². The highest BCUT2D eigenvalue weighted by Gasteiger charge is 2.22. The SMILES string of the molecule is c1ccc(-c2cccc(-n3c4ccccc4c4cccc(-c5cccc6c7ccccc7n(-c7ccc8c9ccccc9c9ccccc9c8c7)c56)c43)c2)cc1. The molecular weight excluding hydrogens is 677 g/mol. The molecule has 10 aromatic carbocycles. The number of aromatic nitrogens is 2. The van der Waals surface area contributed by atoms with E-state index in [1.807, 2.05) is 0 Å². The van der Waals surface area contributed by atoms with Gasteiger partial charge in [-0.1, -0.05) is 170 Å². The predicted octanol–water partition coefficient (Wildman–Crippen LogP) is 14.7. The van der Waals surface area contributed by atoms with Gasteiger partial charge in [-0.2, -0.15) is 0 Å². The molecule has 260 valence electrons. The average molecular weight is 711 g/mol. The lowest BCUT2D eigenvalue weighted by Gasteiger charge is -2.16. The van der Waals surface area contributed by atoms with Gasteiger partial charge < -0.3 is 9.13 Å². The first-order valence-corrected chi connectivity index (χ1v) is 19.4. The number of hydrogen-bond acceptors (Lipinski definition) is 0. The molecule has 2 heteroatoms. The monoisotopic (exact) mass is 710 g/mol. The van der Waals surface area contributed by atoms with E-state index in [2.05, 4.69) is 215 Å². The maximum atomic E-state index is 2.51. The van der Waals surface area contributed by atoms with Crippen LogP contribution in [0.4, 0.5) is 0 Å². The van der Waals surface area contributed by atoms with Crippen LogP contribution in [0, 0.1) is 0 Å². The van der Waals surface area contributed by atoms with E-state index in [4.69, 9.17) is 0 Å². The normalized spacial score (nSPS) is 11.9. The van der Waals surface area contributed by atoms with Crippen LogP contribution in [0.2, 0.25) is 0 Å². The zero-order valence-electron chi connectivity index (χ0n) is 30.5. The summed E-state index contributed by atoms with van der Waals surface area (Å²) >= 11 is 0. The van der Waals surface area contributed by atoms with Gasteiger partial charge in [-0.15, -0.1) is 0 Å². The van der Waals surface area contributed by atoms with Crippen LogP contribution < -0.4 is 0 Å². The van der Waals surface area contributed by atoms with Crippen molar-refractivity contribution in [2.75, 3.05) is 0 Å². The first-order valence-electron chi connectivity index (χ1n) is 19.4. The zero-order valence-corrected chi connectivity index (χ0v) is 30.5. The van der Waals surface area contributed by atoms with E-state index >= 15 is 0 Å². The fourth-order valence-electron chi connectivity index (χ4n) is 9.50. The highest BCUT2D eigenvalue weighted by Crippen LogP contribution is 2.44. The standard InChI is InChI=1S/C54H34N2/c1-2-15-35(16-3-1)36-17-12-18-37(33-36)55-51-29-10-8-23-44(51)46-25-13-27-48(53(46)55)49-28-14-26-47-45-24-9-11-30-52(45)56(54(47)49)38-31-32-43-41-21-5-4-19-39(41)40-20-6-7-22-42(40)50(43)34-38/h1-34H. The van der Waals surface area contributed by atoms with Gasteiger partial charge in [0.1, 0.15) is 0 Å². The minimum Gasteiger partial charge on any atom is -0.309 e. The second kappa shape index (κ2) is 12.0. The molecule has 2 aromatic heterocycles. The summed E-state index contributed by atoms with van der Waals surface area (Å²) in [7, 11) is 0. The Bertz CT molecular complexity index is 3490. The molecule has 0 amide bonds. The Morgan fingerprint density at radius 1 is 0.232 bits per heavy atom. The number of hydrogen-bond donors (Lipinski definition) is 0. The van der Waals surface area contributed by atoms with Crippen molar-refractivity contribution < 1.29 is 0 Å². The largest absolute Gasteiger partial charge is 0.309 e. The molecule has 12 rings (SSSR count). The van der Waals surface area contributed by atoms with Gasteiger partial charge in [0.05, 0.1) is 22.1 Å². The quantitative estimate of drug-likeness (QED) is 0.161. The number of fused-ring (bicyclic) bond motifs is 12. The summed E-state index contributed by atoms with van der Waals surface area (Å²) in [6.45, 7) is 0. The number of nitrogens with zero attached hydrogens (tertiary/aromatic N) is 2. The molecule has 0 aliphatic rings. The molecule has 0 saturated heterocycles. The van der Waals surface area contributed by atoms with Crippen molar-refractivity contribution in [1.29, 1.82) is 0 Å². The molecular formula is C54H34N2. The Morgan fingerprint density at radius 3 is 1.21 bits per heavy atom. The lowest BCUT2D eigenvalue weighted by atomic mass is 9.94. The van der Waals surface area contributed by atoms with Crippen LogP contribution in [0.3, 0.4) is 0 Å². The fraction of sp³-hybridized carbons (Fsp3) is 0. The van der Waals surface area contributed by atoms with Gasteiger partial charge in [0.15, 0.2) is 0 Å². The Labute approximate surface area is 323 Å². The van der Waals surface area contributed by atoms with E-state index in [1.165, 1.54) is 98.2 Å². The summed E-state index contributed by atoms with van der Waals surface area (Å²) in [5.74, 6) is 0. The molecule has 0 saturated carbocycles. The van der Waals surface area contributed by atoms with Crippen LogP contribution >= 0.6 is 0 Å². The molecule has 2 heterocycles. The van der Waals surface area contributed by atoms with Crippen molar-refractivity contribution in [3.05, 3.63) is 206 Å². The smallest absolute Gasteiger partial charge is 0.0620 e. The summed E-state index contributed by atoms with van der Waals surface area (Å²) in [6.07, 6.45) is 0. The van der Waals surface area contributed by atoms with Gasteiger partial charge in [-0.3, -0.25) is 0 Å². The molecule has 0 fully saturated rings. The Hall–Kier alpha value is -7.42. The van der Waals surface area contributed by atoms with E-state index in [-0.39, 0.29) is 0 Å². The lowest BCUT2D eigenvalue weighted by Crippen LogP contribution is -1.98. The highest BCUT2D eigenvalue weighted by atomic mass is 15.0. The van der Waals surface area contributed by atoms with Gasteiger partial charge >= 0.3 is 0 Å². The predicted molar refractivity (Wildman–Crippen MR) is 239 cm³/mol. The zero-order chi connectivity index (χ0) is 36.7. The molecule has 2 nitrogen and oxygen atoms in total. The van der Waals surface area contributed by atoms with Gasteiger partial charge in [-0.05, 0) is 79.8 Å². The molecule has 0 radical (unpaired) electrons. The summed E-state index contributed by atoms with van der Waals surface area (Å²) < 4.78 is 4.98. The molecule has 0 N–H and O–H groups in total. The van der Waals surface area contributed by atoms with Crippen LogP contribution in [0.15, 0.2) is 206 Å². The first kappa shape index (κ1) is 31.0. The molecule has 12 aromatic rings. The molecule has 0 aliphatic carbocycles. The van der Waals surface area contributed by atoms with E-state index in [1.54, 1.807) is 0 Å². The first-order chi connectivity index (χ1) is 27.8. The van der Waals surface area contributed by atoms with Crippen molar-refractivity contribution >= 4 is 75.9 Å². The molecule has 0 bridgehead atoms. The third kappa shape index (κ3) is 4.44. The number of rotatable bonds is 4. The van der Waals surface area contributed by atoms with Crippen molar-refractivity contribution in [2.45, 2.75) is 0 Å². The van der Waals surface area contributed by atoms with Crippen LogP contribution in [0.25, 0.3) is 110 Å². The van der Waals surface area contributed by atoms with Crippen LogP contribution in [-0.4, -0.2) is 9.13 Å². The third-order valence-corrected chi connectivity index (χ3v) is 11.9. The topological polar surface area (TPSA) is 9.86 Å². The molecule has 0 spiro atoms. The Balaban J connectivity index is 1.18. The van der Waals surface area contributed by atoms with Crippen LogP contribution in [0.5, 0.6) is 0 Å². The van der Waals surface area contributed by atoms with Gasteiger partial charge in [0.2, 0.25) is 0 Å². The van der Waals surface area contributed by atoms with Crippen molar-refractivity contribution in [1.82, 2.24) is 9.13 Å². The summed E-state index contributed by atoms with van der Waals surface area (Å²) in [4.78, 5) is 0. The number of para-hydroxylation sites is 4. The molecule has 56 heavy (non-hydrogen) atoms. The maximum Gasteiger partial charge on any atom is 0.0620 e. The minimum absolute atomic E-state index is 1.14. The highest BCUT2D eigenvalue weighted by molar-refractivity contribution is 6.26. The van der Waals surface area contributed by atoms with E-state index in [0.717, 1.165) is 11.4 Å². The average Bonchev–Trinajstić information content (AvgIpc) is 3.80. The van der Waals surface area contributed by atoms with Gasteiger partial charge in [0, 0.05) is 44.0 Å². The molecule has 0 aliphatic heterocycles. The Morgan fingerprint density at radius 2 is 0.643 bits per heavy atom. The molecule has 0 atom stereocenters. The van der Waals surface area contributed by atoms with Crippen molar-refractivity contribution in [3.8, 4) is 33.6 Å². The van der Waals surface area contributed by atoms with Gasteiger partial charge in [0.25, 0.3) is 0 Å². The Kier molecular flexibility index (Phi) is 6.66. The van der Waals surface area contributed by atoms with Gasteiger partial charge in [-0.25, -0.2) is 0 Å². The van der Waals surface area contributed by atoms with E-state index in [9.17, 15) is 0 Å². The second-order valence-electron chi connectivity index (χ2n) is 14.8. The maximum absolute atomic E-state index is 2.51.